The quantitative estimate of drug-likeness (QED) is 0.824. The molecule has 0 atom stereocenters. The number of rotatable bonds is 7. The van der Waals surface area contributed by atoms with Gasteiger partial charge in [-0.05, 0) is 32.0 Å². The Morgan fingerprint density at radius 3 is 2.48 bits per heavy atom. The number of halogens is 1. The van der Waals surface area contributed by atoms with Gasteiger partial charge in [-0.25, -0.2) is 17.6 Å². The Bertz CT molecular complexity index is 615. The molecular formula is C13H18FNO5S. The average Bonchev–Trinajstić information content (AvgIpc) is 2.37. The van der Waals surface area contributed by atoms with Gasteiger partial charge in [0.2, 0.25) is 10.0 Å². The van der Waals surface area contributed by atoms with Crippen LogP contribution in [0.25, 0.3) is 0 Å². The molecule has 1 aromatic rings. The molecule has 0 unspecified atom stereocenters. The van der Waals surface area contributed by atoms with Gasteiger partial charge in [-0.2, -0.15) is 4.31 Å². The van der Waals surface area contributed by atoms with Crippen LogP contribution < -0.4 is 0 Å². The number of aromatic carboxylic acids is 1. The largest absolute Gasteiger partial charge is 0.478 e. The first-order chi connectivity index (χ1) is 9.71. The van der Waals surface area contributed by atoms with E-state index >= 15 is 0 Å². The van der Waals surface area contributed by atoms with E-state index in [2.05, 4.69) is 0 Å². The Kier molecular flexibility index (Phi) is 5.82. The smallest absolute Gasteiger partial charge is 0.335 e. The molecule has 1 aromatic carbocycles. The van der Waals surface area contributed by atoms with Gasteiger partial charge in [0, 0.05) is 19.7 Å². The molecule has 6 nitrogen and oxygen atoms in total. The Morgan fingerprint density at radius 2 is 2.05 bits per heavy atom. The highest BCUT2D eigenvalue weighted by atomic mass is 32.2. The number of nitrogens with zero attached hydrogens (tertiary/aromatic N) is 1. The van der Waals surface area contributed by atoms with Crippen LogP contribution in [-0.4, -0.2) is 50.1 Å². The number of benzene rings is 1. The summed E-state index contributed by atoms with van der Waals surface area (Å²) >= 11 is 0. The third-order valence-corrected chi connectivity index (χ3v) is 4.97. The molecule has 0 radical (unpaired) electrons. The summed E-state index contributed by atoms with van der Waals surface area (Å²) in [5.41, 5.74) is -0.306. The normalized spacial score (nSPS) is 12.1. The minimum atomic E-state index is -4.06. The fourth-order valence-corrected chi connectivity index (χ4v) is 3.47. The van der Waals surface area contributed by atoms with Crippen LogP contribution in [0.1, 0.15) is 24.2 Å². The van der Waals surface area contributed by atoms with Crippen LogP contribution in [0.15, 0.2) is 23.1 Å². The molecule has 0 heterocycles. The summed E-state index contributed by atoms with van der Waals surface area (Å²) in [6.45, 7) is 3.58. The molecule has 0 aliphatic carbocycles. The van der Waals surface area contributed by atoms with Gasteiger partial charge in [0.15, 0.2) is 0 Å². The summed E-state index contributed by atoms with van der Waals surface area (Å²) in [6, 6.07) is 2.34. The number of hydrogen-bond acceptors (Lipinski definition) is 4. The second kappa shape index (κ2) is 6.97. The highest BCUT2D eigenvalue weighted by Crippen LogP contribution is 2.22. The lowest BCUT2D eigenvalue weighted by Gasteiger charge is -2.25. The first-order valence-corrected chi connectivity index (χ1v) is 7.69. The van der Waals surface area contributed by atoms with Crippen LogP contribution >= 0.6 is 0 Å². The molecule has 0 spiro atoms. The van der Waals surface area contributed by atoms with Crippen molar-refractivity contribution in [3.8, 4) is 0 Å². The van der Waals surface area contributed by atoms with Crippen LogP contribution in [0.4, 0.5) is 4.39 Å². The third-order valence-electron chi connectivity index (χ3n) is 2.86. The zero-order valence-electron chi connectivity index (χ0n) is 12.0. The van der Waals surface area contributed by atoms with Gasteiger partial charge in [0.1, 0.15) is 10.7 Å². The SMILES string of the molecule is COCCN(C(C)C)S(=O)(=O)c1ccc(C(=O)O)cc1F. The fourth-order valence-electron chi connectivity index (χ4n) is 1.81. The molecule has 8 heteroatoms. The standard InChI is InChI=1S/C13H18FNO5S/c1-9(2)15(6-7-20-3)21(18,19)12-5-4-10(13(16)17)8-11(12)14/h4-5,8-9H,6-7H2,1-3H3,(H,16,17). The summed E-state index contributed by atoms with van der Waals surface area (Å²) in [5, 5.41) is 8.77. The van der Waals surface area contributed by atoms with Crippen molar-refractivity contribution < 1.29 is 27.4 Å². The van der Waals surface area contributed by atoms with Crippen molar-refractivity contribution >= 4 is 16.0 Å². The van der Waals surface area contributed by atoms with Crippen molar-refractivity contribution in [3.05, 3.63) is 29.6 Å². The number of carbonyl (C=O) groups is 1. The minimum Gasteiger partial charge on any atom is -0.478 e. The lowest BCUT2D eigenvalue weighted by molar-refractivity contribution is 0.0696. The molecule has 21 heavy (non-hydrogen) atoms. The zero-order chi connectivity index (χ0) is 16.2. The van der Waals surface area contributed by atoms with Crippen molar-refractivity contribution in [2.24, 2.45) is 0 Å². The van der Waals surface area contributed by atoms with E-state index in [-0.39, 0.29) is 24.8 Å². The summed E-state index contributed by atoms with van der Waals surface area (Å²) in [4.78, 5) is 10.2. The van der Waals surface area contributed by atoms with E-state index in [1.54, 1.807) is 13.8 Å². The molecule has 0 aliphatic heterocycles. The monoisotopic (exact) mass is 319 g/mol. The van der Waals surface area contributed by atoms with Crippen molar-refractivity contribution in [3.63, 3.8) is 0 Å². The Hall–Kier alpha value is -1.51. The summed E-state index contributed by atoms with van der Waals surface area (Å²) in [5.74, 6) is -2.41. The molecule has 0 aliphatic rings. The maximum Gasteiger partial charge on any atom is 0.335 e. The van der Waals surface area contributed by atoms with E-state index < -0.39 is 26.7 Å². The van der Waals surface area contributed by atoms with Crippen LogP contribution in [0, 0.1) is 5.82 Å². The van der Waals surface area contributed by atoms with Crippen LogP contribution in [0.2, 0.25) is 0 Å². The van der Waals surface area contributed by atoms with Crippen LogP contribution in [0.5, 0.6) is 0 Å². The number of methoxy groups -OCH3 is 1. The van der Waals surface area contributed by atoms with E-state index in [9.17, 15) is 17.6 Å². The molecule has 0 aromatic heterocycles. The molecule has 1 N–H and O–H groups in total. The molecule has 0 bridgehead atoms. The minimum absolute atomic E-state index is 0.0800. The number of carboxylic acids is 1. The highest BCUT2D eigenvalue weighted by Gasteiger charge is 2.29. The van der Waals surface area contributed by atoms with Gasteiger partial charge in [0.05, 0.1) is 12.2 Å². The van der Waals surface area contributed by atoms with E-state index in [0.29, 0.717) is 6.07 Å². The molecule has 1 rings (SSSR count). The number of carboxylic acid groups (broad SMARTS) is 1. The summed E-state index contributed by atoms with van der Waals surface area (Å²) < 4.78 is 44.8. The molecule has 0 amide bonds. The first kappa shape index (κ1) is 17.5. The van der Waals surface area contributed by atoms with Crippen molar-refractivity contribution in [2.75, 3.05) is 20.3 Å². The van der Waals surface area contributed by atoms with Crippen LogP contribution in [-0.2, 0) is 14.8 Å². The Morgan fingerprint density at radius 1 is 1.43 bits per heavy atom. The zero-order valence-corrected chi connectivity index (χ0v) is 12.9. The second-order valence-electron chi connectivity index (χ2n) is 4.65. The highest BCUT2D eigenvalue weighted by molar-refractivity contribution is 7.89. The topological polar surface area (TPSA) is 83.9 Å². The van der Waals surface area contributed by atoms with Gasteiger partial charge in [-0.3, -0.25) is 0 Å². The van der Waals surface area contributed by atoms with Gasteiger partial charge >= 0.3 is 5.97 Å². The summed E-state index contributed by atoms with van der Waals surface area (Å²) in [6.07, 6.45) is 0. The Balaban J connectivity index is 3.25. The van der Waals surface area contributed by atoms with E-state index in [0.717, 1.165) is 16.4 Å². The van der Waals surface area contributed by atoms with Gasteiger partial charge < -0.3 is 9.84 Å². The van der Waals surface area contributed by atoms with Crippen LogP contribution in [0.3, 0.4) is 0 Å². The maximum absolute atomic E-state index is 14.0. The van der Waals surface area contributed by atoms with Crippen molar-refractivity contribution in [1.29, 1.82) is 0 Å². The third kappa shape index (κ3) is 3.99. The van der Waals surface area contributed by atoms with Gasteiger partial charge in [0.25, 0.3) is 0 Å². The molecule has 0 saturated carbocycles. The lowest BCUT2D eigenvalue weighted by atomic mass is 10.2. The predicted molar refractivity (Wildman–Crippen MR) is 74.3 cm³/mol. The second-order valence-corrected chi connectivity index (χ2v) is 6.51. The Labute approximate surface area is 123 Å². The number of ether oxygens (including phenoxy) is 1. The first-order valence-electron chi connectivity index (χ1n) is 6.25. The number of sulfonamides is 1. The fraction of sp³-hybridized carbons (Fsp3) is 0.462. The van der Waals surface area contributed by atoms with Gasteiger partial charge in [-0.1, -0.05) is 0 Å². The van der Waals surface area contributed by atoms with Crippen molar-refractivity contribution in [2.45, 2.75) is 24.8 Å². The number of hydrogen-bond donors (Lipinski definition) is 1. The lowest BCUT2D eigenvalue weighted by Crippen LogP contribution is -2.39. The van der Waals surface area contributed by atoms with E-state index in [1.165, 1.54) is 7.11 Å². The molecule has 118 valence electrons. The molecular weight excluding hydrogens is 301 g/mol. The average molecular weight is 319 g/mol. The summed E-state index contributed by atoms with van der Waals surface area (Å²) in [7, 11) is -2.62. The van der Waals surface area contributed by atoms with Gasteiger partial charge in [-0.15, -0.1) is 0 Å². The predicted octanol–water partition coefficient (Wildman–Crippen LogP) is 1.57. The van der Waals surface area contributed by atoms with E-state index in [1.807, 2.05) is 0 Å². The van der Waals surface area contributed by atoms with Crippen molar-refractivity contribution in [1.82, 2.24) is 4.31 Å². The van der Waals surface area contributed by atoms with E-state index in [4.69, 9.17) is 9.84 Å². The molecule has 0 fully saturated rings. The molecule has 0 saturated heterocycles. The maximum atomic E-state index is 14.0.